The summed E-state index contributed by atoms with van der Waals surface area (Å²) in [6, 6.07) is 14.0. The van der Waals surface area contributed by atoms with E-state index in [4.69, 9.17) is 17.3 Å². The van der Waals surface area contributed by atoms with Gasteiger partial charge in [-0.05, 0) is 31.0 Å². The fourth-order valence-electron chi connectivity index (χ4n) is 2.64. The lowest BCUT2D eigenvalue weighted by atomic mass is 9.71. The molecule has 0 fully saturated rings. The highest BCUT2D eigenvalue weighted by molar-refractivity contribution is 6.31. The van der Waals surface area contributed by atoms with Gasteiger partial charge in [0.25, 0.3) is 0 Å². The molecule has 2 nitrogen and oxygen atoms in total. The lowest BCUT2D eigenvalue weighted by Gasteiger charge is -2.36. The zero-order valence-electron chi connectivity index (χ0n) is 11.9. The maximum absolute atomic E-state index is 14.1. The summed E-state index contributed by atoms with van der Waals surface area (Å²) in [5, 5.41) is 10.7. The normalized spacial score (nSPS) is 15.5. The molecule has 4 heteroatoms. The van der Waals surface area contributed by atoms with Gasteiger partial charge in [0.05, 0.1) is 6.10 Å². The average molecular weight is 308 g/mol. The first-order chi connectivity index (χ1) is 10.0. The third-order valence-electron chi connectivity index (χ3n) is 4.07. The monoisotopic (exact) mass is 307 g/mol. The molecule has 0 aliphatic heterocycles. The molecule has 0 saturated heterocycles. The molecule has 2 rings (SSSR count). The molecular weight excluding hydrogens is 289 g/mol. The molecule has 0 heterocycles. The minimum Gasteiger partial charge on any atom is -0.392 e. The van der Waals surface area contributed by atoms with Crippen molar-refractivity contribution in [1.29, 1.82) is 0 Å². The number of nitrogens with two attached hydrogens (primary N) is 1. The summed E-state index contributed by atoms with van der Waals surface area (Å²) < 4.78 is 14.1. The number of hydrogen-bond donors (Lipinski definition) is 2. The van der Waals surface area contributed by atoms with Crippen molar-refractivity contribution >= 4 is 11.6 Å². The van der Waals surface area contributed by atoms with E-state index in [1.54, 1.807) is 19.1 Å². The lowest BCUT2D eigenvalue weighted by Crippen LogP contribution is -2.46. The Morgan fingerprint density at radius 1 is 1.19 bits per heavy atom. The van der Waals surface area contributed by atoms with Crippen LogP contribution in [-0.4, -0.2) is 17.8 Å². The zero-order chi connectivity index (χ0) is 15.5. The molecular formula is C17H19ClFNO. The zero-order valence-corrected chi connectivity index (χ0v) is 12.6. The van der Waals surface area contributed by atoms with Crippen LogP contribution in [0.4, 0.5) is 4.39 Å². The van der Waals surface area contributed by atoms with Crippen LogP contribution in [-0.2, 0) is 11.8 Å². The predicted octanol–water partition coefficient (Wildman–Crippen LogP) is 3.30. The first-order valence-corrected chi connectivity index (χ1v) is 7.25. The molecule has 0 aliphatic rings. The van der Waals surface area contributed by atoms with Gasteiger partial charge in [0.15, 0.2) is 0 Å². The summed E-state index contributed by atoms with van der Waals surface area (Å²) in [5.74, 6) is -0.378. The Bertz CT molecular complexity index is 583. The van der Waals surface area contributed by atoms with Gasteiger partial charge in [-0.25, -0.2) is 4.39 Å². The third kappa shape index (κ3) is 3.10. The fourth-order valence-corrected chi connectivity index (χ4v) is 2.87. The second-order valence-corrected chi connectivity index (χ2v) is 5.69. The highest BCUT2D eigenvalue weighted by Gasteiger charge is 2.37. The van der Waals surface area contributed by atoms with E-state index in [1.807, 2.05) is 30.3 Å². The number of aliphatic hydroxyl groups excluding tert-OH is 1. The number of hydrogen-bond acceptors (Lipinski definition) is 2. The molecule has 2 unspecified atom stereocenters. The molecule has 21 heavy (non-hydrogen) atoms. The van der Waals surface area contributed by atoms with Crippen LogP contribution in [0, 0.1) is 5.82 Å². The van der Waals surface area contributed by atoms with E-state index in [0.29, 0.717) is 10.6 Å². The second-order valence-electron chi connectivity index (χ2n) is 5.28. The van der Waals surface area contributed by atoms with Gasteiger partial charge in [-0.1, -0.05) is 48.0 Å². The van der Waals surface area contributed by atoms with Gasteiger partial charge in [-0.2, -0.15) is 0 Å². The van der Waals surface area contributed by atoms with Crippen LogP contribution in [0.1, 0.15) is 18.1 Å². The van der Waals surface area contributed by atoms with E-state index < -0.39 is 11.5 Å². The molecule has 0 aromatic heterocycles. The van der Waals surface area contributed by atoms with Gasteiger partial charge in [0, 0.05) is 22.5 Å². The minimum atomic E-state index is -0.771. The first-order valence-electron chi connectivity index (χ1n) is 6.88. The molecule has 0 radical (unpaired) electrons. The highest BCUT2D eigenvalue weighted by Crippen LogP contribution is 2.34. The summed E-state index contributed by atoms with van der Waals surface area (Å²) in [6.45, 7) is 1.87. The maximum atomic E-state index is 14.1. The van der Waals surface area contributed by atoms with Gasteiger partial charge in [-0.15, -0.1) is 0 Å². The Hall–Kier alpha value is -1.42. The molecule has 2 atom stereocenters. The predicted molar refractivity (Wildman–Crippen MR) is 84.0 cm³/mol. The third-order valence-corrected chi connectivity index (χ3v) is 4.42. The van der Waals surface area contributed by atoms with Crippen molar-refractivity contribution in [2.45, 2.75) is 24.9 Å². The Morgan fingerprint density at radius 3 is 2.38 bits per heavy atom. The summed E-state index contributed by atoms with van der Waals surface area (Å²) in [7, 11) is 0. The molecule has 2 aromatic rings. The van der Waals surface area contributed by atoms with Crippen LogP contribution in [0.3, 0.4) is 0 Å². The molecule has 3 N–H and O–H groups in total. The van der Waals surface area contributed by atoms with Crippen LogP contribution < -0.4 is 5.73 Å². The van der Waals surface area contributed by atoms with Crippen LogP contribution >= 0.6 is 11.6 Å². The van der Waals surface area contributed by atoms with Gasteiger partial charge in [0.2, 0.25) is 0 Å². The van der Waals surface area contributed by atoms with Crippen LogP contribution in [0.5, 0.6) is 0 Å². The Balaban J connectivity index is 2.52. The number of rotatable bonds is 5. The number of benzene rings is 2. The smallest absolute Gasteiger partial charge is 0.127 e. The van der Waals surface area contributed by atoms with E-state index in [2.05, 4.69) is 0 Å². The van der Waals surface area contributed by atoms with Crippen molar-refractivity contribution in [3.63, 3.8) is 0 Å². The molecule has 112 valence electrons. The Kier molecular flexibility index (Phi) is 4.99. The first kappa shape index (κ1) is 16.0. The van der Waals surface area contributed by atoms with Gasteiger partial charge in [0.1, 0.15) is 5.82 Å². The topological polar surface area (TPSA) is 46.2 Å². The van der Waals surface area contributed by atoms with Crippen LogP contribution in [0.15, 0.2) is 48.5 Å². The largest absolute Gasteiger partial charge is 0.392 e. The SMILES string of the molecule is CC(O)C(CN)(Cc1c(F)cccc1Cl)c1ccccc1. The van der Waals surface area contributed by atoms with E-state index in [1.165, 1.54) is 6.07 Å². The molecule has 0 amide bonds. The van der Waals surface area contributed by atoms with Crippen molar-refractivity contribution in [2.75, 3.05) is 6.54 Å². The molecule has 0 bridgehead atoms. The van der Waals surface area contributed by atoms with E-state index in [0.717, 1.165) is 5.56 Å². The molecule has 0 spiro atoms. The van der Waals surface area contributed by atoms with Crippen molar-refractivity contribution in [1.82, 2.24) is 0 Å². The fraction of sp³-hybridized carbons (Fsp3) is 0.294. The molecule has 0 saturated carbocycles. The van der Waals surface area contributed by atoms with Gasteiger partial charge in [-0.3, -0.25) is 0 Å². The Labute approximate surface area is 129 Å². The Morgan fingerprint density at radius 2 is 1.86 bits per heavy atom. The van der Waals surface area contributed by atoms with E-state index in [-0.39, 0.29) is 18.8 Å². The highest BCUT2D eigenvalue weighted by atomic mass is 35.5. The summed E-state index contributed by atoms with van der Waals surface area (Å²) in [5.41, 5.74) is 6.45. The van der Waals surface area contributed by atoms with Crippen molar-refractivity contribution in [2.24, 2.45) is 5.73 Å². The average Bonchev–Trinajstić information content (AvgIpc) is 2.48. The van der Waals surface area contributed by atoms with Gasteiger partial charge < -0.3 is 10.8 Å². The van der Waals surface area contributed by atoms with Crippen molar-refractivity contribution in [3.8, 4) is 0 Å². The summed E-state index contributed by atoms with van der Waals surface area (Å²) in [4.78, 5) is 0. The summed E-state index contributed by atoms with van der Waals surface area (Å²) in [6.07, 6.45) is -0.489. The second kappa shape index (κ2) is 6.56. The molecule has 2 aromatic carbocycles. The van der Waals surface area contributed by atoms with Crippen molar-refractivity contribution < 1.29 is 9.50 Å². The van der Waals surface area contributed by atoms with Crippen molar-refractivity contribution in [3.05, 3.63) is 70.5 Å². The number of aliphatic hydroxyl groups is 1. The van der Waals surface area contributed by atoms with E-state index in [9.17, 15) is 9.50 Å². The quantitative estimate of drug-likeness (QED) is 0.890. The minimum absolute atomic E-state index is 0.194. The van der Waals surface area contributed by atoms with Crippen LogP contribution in [0.2, 0.25) is 5.02 Å². The number of halogens is 2. The van der Waals surface area contributed by atoms with Gasteiger partial charge >= 0.3 is 0 Å². The maximum Gasteiger partial charge on any atom is 0.127 e. The molecule has 0 aliphatic carbocycles. The standard InChI is InChI=1S/C17H19ClFNO/c1-12(21)17(11-20,13-6-3-2-4-7-13)10-14-15(18)8-5-9-16(14)19/h2-9,12,21H,10-11,20H2,1H3. The summed E-state index contributed by atoms with van der Waals surface area (Å²) >= 11 is 6.12. The van der Waals surface area contributed by atoms with E-state index >= 15 is 0 Å². The van der Waals surface area contributed by atoms with Crippen LogP contribution in [0.25, 0.3) is 0 Å². The lowest BCUT2D eigenvalue weighted by molar-refractivity contribution is 0.0996.